The molecule has 0 spiro atoms. The standard InChI is InChI=1S/C20H16N4O5/c25-17-9-6-15(7-10-17)19(12-14-4-2-1-3-5-14)22-21-18-11-8-16(23(26)27)13-20(18)24(28)29/h1-11,13,21,25H,12H2/b22-19+. The molecule has 146 valence electrons. The summed E-state index contributed by atoms with van der Waals surface area (Å²) in [5, 5.41) is 36.0. The minimum atomic E-state index is -0.706. The molecule has 0 amide bonds. The number of anilines is 1. The Balaban J connectivity index is 1.97. The van der Waals surface area contributed by atoms with Gasteiger partial charge in [-0.05, 0) is 41.5 Å². The van der Waals surface area contributed by atoms with Gasteiger partial charge in [0.05, 0.1) is 21.6 Å². The summed E-state index contributed by atoms with van der Waals surface area (Å²) in [6.45, 7) is 0. The number of hydrazone groups is 1. The van der Waals surface area contributed by atoms with Crippen LogP contribution in [0.15, 0.2) is 77.9 Å². The summed E-state index contributed by atoms with van der Waals surface area (Å²) in [5.41, 5.74) is 4.11. The first kappa shape index (κ1) is 19.5. The predicted octanol–water partition coefficient (Wildman–Crippen LogP) is 4.27. The largest absolute Gasteiger partial charge is 0.508 e. The van der Waals surface area contributed by atoms with Crippen LogP contribution >= 0.6 is 0 Å². The van der Waals surface area contributed by atoms with Gasteiger partial charge in [-0.25, -0.2) is 0 Å². The van der Waals surface area contributed by atoms with E-state index in [9.17, 15) is 25.3 Å². The number of nitro groups is 2. The van der Waals surface area contributed by atoms with Crippen LogP contribution in [0.4, 0.5) is 17.1 Å². The molecule has 0 aliphatic carbocycles. The van der Waals surface area contributed by atoms with E-state index in [1.54, 1.807) is 12.1 Å². The highest BCUT2D eigenvalue weighted by atomic mass is 16.6. The highest BCUT2D eigenvalue weighted by Crippen LogP contribution is 2.29. The van der Waals surface area contributed by atoms with Crippen molar-refractivity contribution in [1.29, 1.82) is 0 Å². The van der Waals surface area contributed by atoms with Gasteiger partial charge >= 0.3 is 5.69 Å². The number of phenolic OH excluding ortho intramolecular Hbond substituents is 1. The molecule has 9 nitrogen and oxygen atoms in total. The maximum Gasteiger partial charge on any atom is 0.301 e. The van der Waals surface area contributed by atoms with Crippen LogP contribution in [0.2, 0.25) is 0 Å². The Morgan fingerprint density at radius 1 is 0.931 bits per heavy atom. The van der Waals surface area contributed by atoms with Crippen LogP contribution in [-0.2, 0) is 6.42 Å². The van der Waals surface area contributed by atoms with Gasteiger partial charge in [0.1, 0.15) is 11.4 Å². The second kappa shape index (κ2) is 8.61. The Morgan fingerprint density at radius 3 is 2.24 bits per heavy atom. The number of non-ortho nitro benzene ring substituents is 1. The molecule has 9 heteroatoms. The molecule has 0 unspecified atom stereocenters. The topological polar surface area (TPSA) is 131 Å². The average Bonchev–Trinajstić information content (AvgIpc) is 2.72. The van der Waals surface area contributed by atoms with Gasteiger partial charge in [-0.15, -0.1) is 0 Å². The average molecular weight is 392 g/mol. The van der Waals surface area contributed by atoms with Crippen molar-refractivity contribution in [2.24, 2.45) is 5.10 Å². The van der Waals surface area contributed by atoms with Crippen LogP contribution in [0.1, 0.15) is 11.1 Å². The number of nitrogens with zero attached hydrogens (tertiary/aromatic N) is 3. The summed E-state index contributed by atoms with van der Waals surface area (Å²) < 4.78 is 0. The minimum absolute atomic E-state index is 0.0324. The molecule has 0 bridgehead atoms. The van der Waals surface area contributed by atoms with E-state index in [0.29, 0.717) is 17.7 Å². The van der Waals surface area contributed by atoms with Gasteiger partial charge in [-0.3, -0.25) is 25.7 Å². The lowest BCUT2D eigenvalue weighted by Gasteiger charge is -2.09. The Hall–Kier alpha value is -4.27. The summed E-state index contributed by atoms with van der Waals surface area (Å²) in [4.78, 5) is 20.8. The van der Waals surface area contributed by atoms with Gasteiger partial charge in [-0.1, -0.05) is 30.3 Å². The lowest BCUT2D eigenvalue weighted by Crippen LogP contribution is -2.09. The van der Waals surface area contributed by atoms with Crippen molar-refractivity contribution >= 4 is 22.8 Å². The summed E-state index contributed by atoms with van der Waals surface area (Å²) >= 11 is 0. The Kier molecular flexibility index (Phi) is 5.79. The summed E-state index contributed by atoms with van der Waals surface area (Å²) in [6, 6.07) is 19.2. The van der Waals surface area contributed by atoms with Crippen LogP contribution in [-0.4, -0.2) is 20.7 Å². The van der Waals surface area contributed by atoms with Gasteiger partial charge in [0.2, 0.25) is 0 Å². The molecule has 0 fully saturated rings. The van der Waals surface area contributed by atoms with Crippen LogP contribution in [0.25, 0.3) is 0 Å². The number of nitro benzene ring substituents is 2. The number of aromatic hydroxyl groups is 1. The van der Waals surface area contributed by atoms with E-state index >= 15 is 0 Å². The molecule has 3 aromatic rings. The van der Waals surface area contributed by atoms with E-state index in [4.69, 9.17) is 0 Å². The maximum absolute atomic E-state index is 11.3. The first-order valence-corrected chi connectivity index (χ1v) is 8.53. The van der Waals surface area contributed by atoms with Crippen molar-refractivity contribution in [3.8, 4) is 5.75 Å². The minimum Gasteiger partial charge on any atom is -0.508 e. The normalized spacial score (nSPS) is 11.1. The van der Waals surface area contributed by atoms with Crippen molar-refractivity contribution < 1.29 is 15.0 Å². The summed E-state index contributed by atoms with van der Waals surface area (Å²) in [6.07, 6.45) is 0.430. The first-order valence-electron chi connectivity index (χ1n) is 8.53. The molecule has 0 aliphatic rings. The number of rotatable bonds is 7. The molecule has 0 radical (unpaired) electrons. The number of hydrogen-bond donors (Lipinski definition) is 2. The Morgan fingerprint density at radius 2 is 1.62 bits per heavy atom. The van der Waals surface area contributed by atoms with E-state index in [-0.39, 0.29) is 17.1 Å². The van der Waals surface area contributed by atoms with Crippen molar-refractivity contribution in [2.45, 2.75) is 6.42 Å². The molecule has 0 saturated carbocycles. The Labute approximate surface area is 165 Å². The first-order chi connectivity index (χ1) is 13.9. The van der Waals surface area contributed by atoms with E-state index in [0.717, 1.165) is 11.6 Å². The maximum atomic E-state index is 11.3. The zero-order valence-corrected chi connectivity index (χ0v) is 15.1. The van der Waals surface area contributed by atoms with Crippen LogP contribution in [0, 0.1) is 20.2 Å². The van der Waals surface area contributed by atoms with Crippen LogP contribution in [0.5, 0.6) is 5.75 Å². The second-order valence-corrected chi connectivity index (χ2v) is 6.10. The molecular weight excluding hydrogens is 376 g/mol. The Bertz CT molecular complexity index is 1070. The number of hydrogen-bond acceptors (Lipinski definition) is 7. The highest BCUT2D eigenvalue weighted by molar-refractivity contribution is 6.02. The molecule has 0 aliphatic heterocycles. The van der Waals surface area contributed by atoms with Crippen molar-refractivity contribution in [3.05, 3.63) is 104 Å². The van der Waals surface area contributed by atoms with Crippen molar-refractivity contribution in [2.75, 3.05) is 5.43 Å². The van der Waals surface area contributed by atoms with Crippen LogP contribution in [0.3, 0.4) is 0 Å². The quantitative estimate of drug-likeness (QED) is 0.351. The SMILES string of the molecule is O=[N+]([O-])c1ccc(N/N=C(\Cc2ccccc2)c2ccc(O)cc2)c([N+](=O)[O-])c1. The molecule has 0 atom stereocenters. The molecule has 3 aromatic carbocycles. The van der Waals surface area contributed by atoms with Gasteiger partial charge in [0.15, 0.2) is 0 Å². The zero-order valence-electron chi connectivity index (χ0n) is 15.1. The molecule has 0 heterocycles. The summed E-state index contributed by atoms with van der Waals surface area (Å²) in [5.74, 6) is 0.103. The highest BCUT2D eigenvalue weighted by Gasteiger charge is 2.19. The number of phenols is 1. The third-order valence-electron chi connectivity index (χ3n) is 4.12. The molecule has 3 rings (SSSR count). The zero-order chi connectivity index (χ0) is 20.8. The number of benzene rings is 3. The third kappa shape index (κ3) is 4.92. The summed E-state index contributed by atoms with van der Waals surface area (Å²) in [7, 11) is 0. The third-order valence-corrected chi connectivity index (χ3v) is 4.12. The molecule has 29 heavy (non-hydrogen) atoms. The van der Waals surface area contributed by atoms with Gasteiger partial charge in [-0.2, -0.15) is 5.10 Å². The second-order valence-electron chi connectivity index (χ2n) is 6.10. The van der Waals surface area contributed by atoms with E-state index in [1.165, 1.54) is 24.3 Å². The van der Waals surface area contributed by atoms with E-state index in [1.807, 2.05) is 30.3 Å². The van der Waals surface area contributed by atoms with Gasteiger partial charge < -0.3 is 5.11 Å². The molecule has 2 N–H and O–H groups in total. The van der Waals surface area contributed by atoms with Crippen molar-refractivity contribution in [3.63, 3.8) is 0 Å². The van der Waals surface area contributed by atoms with Crippen molar-refractivity contribution in [1.82, 2.24) is 0 Å². The lowest BCUT2D eigenvalue weighted by atomic mass is 10.0. The molecule has 0 aromatic heterocycles. The van der Waals surface area contributed by atoms with E-state index < -0.39 is 15.5 Å². The van der Waals surface area contributed by atoms with E-state index in [2.05, 4.69) is 10.5 Å². The fraction of sp³-hybridized carbons (Fsp3) is 0.0500. The molecule has 0 saturated heterocycles. The van der Waals surface area contributed by atoms with Crippen LogP contribution < -0.4 is 5.43 Å². The molecular formula is C20H16N4O5. The lowest BCUT2D eigenvalue weighted by molar-refractivity contribution is -0.393. The monoisotopic (exact) mass is 392 g/mol. The fourth-order valence-electron chi connectivity index (χ4n) is 2.66. The fourth-order valence-corrected chi connectivity index (χ4v) is 2.66. The number of nitrogens with one attached hydrogen (secondary N) is 1. The smallest absolute Gasteiger partial charge is 0.301 e. The predicted molar refractivity (Wildman–Crippen MR) is 108 cm³/mol. The van der Waals surface area contributed by atoms with Gasteiger partial charge in [0.25, 0.3) is 5.69 Å². The van der Waals surface area contributed by atoms with Gasteiger partial charge in [0, 0.05) is 12.5 Å².